The molecule has 13 heteroatoms. The number of nitrogens with two attached hydrogens (primary N) is 1. The van der Waals surface area contributed by atoms with E-state index in [1.807, 2.05) is 0 Å². The summed E-state index contributed by atoms with van der Waals surface area (Å²) >= 11 is 4.02. The van der Waals surface area contributed by atoms with Crippen LogP contribution in [0.2, 0.25) is 0 Å². The number of hydrogen-bond acceptors (Lipinski definition) is 8. The number of aliphatic carboxylic acids is 2. The molecule has 0 aliphatic carbocycles. The van der Waals surface area contributed by atoms with Gasteiger partial charge in [-0.25, -0.2) is 4.79 Å². The van der Waals surface area contributed by atoms with Crippen molar-refractivity contribution in [2.24, 2.45) is 5.73 Å². The molecule has 0 heterocycles. The van der Waals surface area contributed by atoms with Crippen LogP contribution in [-0.4, -0.2) is 74.9 Å². The highest BCUT2D eigenvalue weighted by Gasteiger charge is 2.29. The zero-order valence-corrected chi connectivity index (χ0v) is 18.7. The van der Waals surface area contributed by atoms with E-state index in [4.69, 9.17) is 10.8 Å². The summed E-state index contributed by atoms with van der Waals surface area (Å²) in [6.45, 7) is 1.38. The van der Waals surface area contributed by atoms with Crippen LogP contribution in [0, 0.1) is 0 Å². The second-order valence-corrected chi connectivity index (χ2v) is 7.66. The third-order valence-corrected chi connectivity index (χ3v) is 4.86. The summed E-state index contributed by atoms with van der Waals surface area (Å²) < 4.78 is 0. The van der Waals surface area contributed by atoms with E-state index in [-0.39, 0.29) is 24.3 Å². The molecule has 182 valence electrons. The second-order valence-electron chi connectivity index (χ2n) is 7.30. The molecular formula is C20H28N4O8S. The molecule has 12 nitrogen and oxygen atoms in total. The molecule has 0 saturated carbocycles. The molecule has 0 aliphatic heterocycles. The molecule has 0 spiro atoms. The quantitative estimate of drug-likeness (QED) is 0.155. The van der Waals surface area contributed by atoms with Crippen molar-refractivity contribution in [1.29, 1.82) is 0 Å². The Hall–Kier alpha value is -3.32. The number of rotatable bonds is 13. The largest absolute Gasteiger partial charge is 0.508 e. The molecule has 4 atom stereocenters. The summed E-state index contributed by atoms with van der Waals surface area (Å²) in [5, 5.41) is 34.7. The lowest BCUT2D eigenvalue weighted by Gasteiger charge is -2.24. The first-order chi connectivity index (χ1) is 15.4. The number of hydrogen-bond donors (Lipinski definition) is 8. The zero-order valence-electron chi connectivity index (χ0n) is 17.9. The standard InChI is InChI=1S/C20H28N4O8S/c1-10(21)17(28)22-13(6-7-16(26)27)18(29)24-15(9-33)19(30)23-14(20(31)32)8-11-2-4-12(25)5-3-11/h2-5,10,13-15,25,33H,6-9,21H2,1H3,(H,22,28)(H,23,30)(H,24,29)(H,26,27)(H,31,32). The number of phenols is 1. The summed E-state index contributed by atoms with van der Waals surface area (Å²) in [6.07, 6.45) is -0.762. The predicted octanol–water partition coefficient (Wildman–Crippen LogP) is -1.38. The molecule has 1 aromatic rings. The van der Waals surface area contributed by atoms with Gasteiger partial charge < -0.3 is 37.0 Å². The van der Waals surface area contributed by atoms with Crippen molar-refractivity contribution in [3.05, 3.63) is 29.8 Å². The van der Waals surface area contributed by atoms with E-state index < -0.39 is 60.2 Å². The molecule has 1 aromatic carbocycles. The van der Waals surface area contributed by atoms with E-state index in [9.17, 15) is 34.2 Å². The molecule has 4 unspecified atom stereocenters. The van der Waals surface area contributed by atoms with E-state index in [0.29, 0.717) is 5.56 Å². The van der Waals surface area contributed by atoms with Crippen molar-refractivity contribution >= 4 is 42.3 Å². The fourth-order valence-corrected chi connectivity index (χ4v) is 2.90. The lowest BCUT2D eigenvalue weighted by Crippen LogP contribution is -2.57. The average Bonchev–Trinajstić information content (AvgIpc) is 2.74. The van der Waals surface area contributed by atoms with Gasteiger partial charge in [-0.05, 0) is 31.0 Å². The van der Waals surface area contributed by atoms with Crippen LogP contribution >= 0.6 is 12.6 Å². The molecular weight excluding hydrogens is 456 g/mol. The number of thiol groups is 1. The summed E-state index contributed by atoms with van der Waals surface area (Å²) in [5.74, 6) is -5.07. The van der Waals surface area contributed by atoms with Crippen molar-refractivity contribution in [2.75, 3.05) is 5.75 Å². The van der Waals surface area contributed by atoms with E-state index in [1.165, 1.54) is 31.2 Å². The molecule has 3 amide bonds. The first-order valence-electron chi connectivity index (χ1n) is 9.94. The Morgan fingerprint density at radius 2 is 1.42 bits per heavy atom. The minimum absolute atomic E-state index is 0.00100. The Bertz CT molecular complexity index is 862. The fourth-order valence-electron chi connectivity index (χ4n) is 2.65. The highest BCUT2D eigenvalue weighted by molar-refractivity contribution is 7.80. The fraction of sp³-hybridized carbons (Fsp3) is 0.450. The Balaban J connectivity index is 2.87. The van der Waals surface area contributed by atoms with Gasteiger partial charge in [0.25, 0.3) is 0 Å². The summed E-state index contributed by atoms with van der Waals surface area (Å²) in [6, 6.07) is 0.935. The van der Waals surface area contributed by atoms with Gasteiger partial charge in [-0.2, -0.15) is 12.6 Å². The van der Waals surface area contributed by atoms with Crippen LogP contribution in [0.15, 0.2) is 24.3 Å². The van der Waals surface area contributed by atoms with Crippen molar-refractivity contribution in [3.8, 4) is 5.75 Å². The first-order valence-corrected chi connectivity index (χ1v) is 10.6. The Kier molecular flexibility index (Phi) is 11.2. The number of amides is 3. The highest BCUT2D eigenvalue weighted by Crippen LogP contribution is 2.11. The molecule has 1 rings (SSSR count). The lowest BCUT2D eigenvalue weighted by molar-refractivity contribution is -0.142. The minimum Gasteiger partial charge on any atom is -0.508 e. The maximum Gasteiger partial charge on any atom is 0.326 e. The van der Waals surface area contributed by atoms with Crippen LogP contribution in [0.3, 0.4) is 0 Å². The molecule has 33 heavy (non-hydrogen) atoms. The van der Waals surface area contributed by atoms with Gasteiger partial charge in [0.05, 0.1) is 6.04 Å². The maximum atomic E-state index is 12.6. The summed E-state index contributed by atoms with van der Waals surface area (Å²) in [5.41, 5.74) is 6.01. The van der Waals surface area contributed by atoms with Crippen molar-refractivity contribution in [2.45, 2.75) is 50.4 Å². The summed E-state index contributed by atoms with van der Waals surface area (Å²) in [4.78, 5) is 59.6. The van der Waals surface area contributed by atoms with Gasteiger partial charge in [0, 0.05) is 18.6 Å². The van der Waals surface area contributed by atoms with Gasteiger partial charge in [0.1, 0.15) is 23.9 Å². The van der Waals surface area contributed by atoms with Crippen molar-refractivity contribution in [3.63, 3.8) is 0 Å². The predicted molar refractivity (Wildman–Crippen MR) is 120 cm³/mol. The Morgan fingerprint density at radius 1 is 0.909 bits per heavy atom. The SMILES string of the molecule is CC(N)C(=O)NC(CCC(=O)O)C(=O)NC(CS)C(=O)NC(Cc1ccc(O)cc1)C(=O)O. The number of carbonyl (C=O) groups excluding carboxylic acids is 3. The van der Waals surface area contributed by atoms with E-state index in [1.54, 1.807) is 0 Å². The maximum absolute atomic E-state index is 12.6. The van der Waals surface area contributed by atoms with Crippen molar-refractivity contribution in [1.82, 2.24) is 16.0 Å². The monoisotopic (exact) mass is 484 g/mol. The van der Waals surface area contributed by atoms with E-state index in [0.717, 1.165) is 0 Å². The molecule has 0 aromatic heterocycles. The molecule has 0 aliphatic rings. The number of phenolic OH excluding ortho intramolecular Hbond substituents is 1. The van der Waals surface area contributed by atoms with E-state index >= 15 is 0 Å². The van der Waals surface area contributed by atoms with Crippen LogP contribution in [0.1, 0.15) is 25.3 Å². The van der Waals surface area contributed by atoms with Crippen LogP contribution in [0.25, 0.3) is 0 Å². The van der Waals surface area contributed by atoms with Gasteiger partial charge in [-0.15, -0.1) is 0 Å². The highest BCUT2D eigenvalue weighted by atomic mass is 32.1. The van der Waals surface area contributed by atoms with Gasteiger partial charge in [-0.3, -0.25) is 19.2 Å². The normalized spacial score (nSPS) is 14.3. The molecule has 0 bridgehead atoms. The number of carbonyl (C=O) groups is 5. The molecule has 0 radical (unpaired) electrons. The number of aromatic hydroxyl groups is 1. The van der Waals surface area contributed by atoms with Crippen molar-refractivity contribution < 1.29 is 39.3 Å². The number of carboxylic acid groups (broad SMARTS) is 2. The van der Waals surface area contributed by atoms with Crippen LogP contribution < -0.4 is 21.7 Å². The number of nitrogens with one attached hydrogen (secondary N) is 3. The third kappa shape index (κ3) is 9.78. The average molecular weight is 485 g/mol. The van der Waals surface area contributed by atoms with Gasteiger partial charge in [0.15, 0.2) is 0 Å². The second kappa shape index (κ2) is 13.3. The van der Waals surface area contributed by atoms with Crippen LogP contribution in [-0.2, 0) is 30.4 Å². The minimum atomic E-state index is -1.33. The number of carboxylic acids is 2. The van der Waals surface area contributed by atoms with E-state index in [2.05, 4.69) is 28.6 Å². The van der Waals surface area contributed by atoms with Gasteiger partial charge in [-0.1, -0.05) is 12.1 Å². The van der Waals surface area contributed by atoms with Crippen LogP contribution in [0.4, 0.5) is 0 Å². The molecule has 0 fully saturated rings. The van der Waals surface area contributed by atoms with Crippen LogP contribution in [0.5, 0.6) is 5.75 Å². The van der Waals surface area contributed by atoms with Gasteiger partial charge in [0.2, 0.25) is 17.7 Å². The lowest BCUT2D eigenvalue weighted by atomic mass is 10.1. The Morgan fingerprint density at radius 3 is 1.91 bits per heavy atom. The smallest absolute Gasteiger partial charge is 0.326 e. The van der Waals surface area contributed by atoms with Gasteiger partial charge >= 0.3 is 11.9 Å². The summed E-state index contributed by atoms with van der Waals surface area (Å²) in [7, 11) is 0. The topological polar surface area (TPSA) is 208 Å². The zero-order chi connectivity index (χ0) is 25.1. The number of benzene rings is 1. The molecule has 8 N–H and O–H groups in total. The third-order valence-electron chi connectivity index (χ3n) is 4.50. The first kappa shape index (κ1) is 27.7. The molecule has 0 saturated heterocycles. The Labute approximate surface area is 195 Å².